The van der Waals surface area contributed by atoms with E-state index in [4.69, 9.17) is 15.0 Å². The lowest BCUT2D eigenvalue weighted by atomic mass is 9.90. The average molecular weight is 354 g/mol. The van der Waals surface area contributed by atoms with E-state index >= 15 is 0 Å². The number of fused-ring (bicyclic) bond motifs is 1. The topological polar surface area (TPSA) is 44.1 Å². The van der Waals surface area contributed by atoms with Gasteiger partial charge in [-0.3, -0.25) is 0 Å². The van der Waals surface area contributed by atoms with Crippen LogP contribution in [0.3, 0.4) is 0 Å². The third kappa shape index (κ3) is 2.99. The van der Waals surface area contributed by atoms with Crippen molar-refractivity contribution in [1.82, 2.24) is 4.98 Å². The SMILES string of the molecule is c1c(N2CCCCC2)nc2c(c1N1CCCCC1)=NC1(CCCCC1)N=2. The van der Waals surface area contributed by atoms with Crippen molar-refractivity contribution in [1.29, 1.82) is 0 Å². The molecule has 5 nitrogen and oxygen atoms in total. The molecule has 3 fully saturated rings. The molecular weight excluding hydrogens is 322 g/mol. The minimum Gasteiger partial charge on any atom is -0.370 e. The minimum absolute atomic E-state index is 0.196. The van der Waals surface area contributed by atoms with Gasteiger partial charge in [0.2, 0.25) is 0 Å². The molecule has 4 heterocycles. The first kappa shape index (κ1) is 16.5. The minimum atomic E-state index is -0.196. The molecule has 1 saturated carbocycles. The highest BCUT2D eigenvalue weighted by atomic mass is 15.2. The number of aromatic nitrogens is 1. The fourth-order valence-electron chi connectivity index (χ4n) is 5.12. The first-order valence-electron chi connectivity index (χ1n) is 10.8. The zero-order valence-electron chi connectivity index (χ0n) is 15.9. The summed E-state index contributed by atoms with van der Waals surface area (Å²) in [5.74, 6) is 1.14. The van der Waals surface area contributed by atoms with E-state index in [1.54, 1.807) is 0 Å². The van der Waals surface area contributed by atoms with Gasteiger partial charge in [0.25, 0.3) is 0 Å². The second-order valence-electron chi connectivity index (χ2n) is 8.53. The number of piperidine rings is 2. The first-order valence-corrected chi connectivity index (χ1v) is 10.8. The van der Waals surface area contributed by atoms with Crippen molar-refractivity contribution in [3.05, 3.63) is 16.9 Å². The molecule has 5 heteroatoms. The third-order valence-corrected chi connectivity index (χ3v) is 6.61. The average Bonchev–Trinajstić information content (AvgIpc) is 3.06. The Morgan fingerprint density at radius 3 is 2.00 bits per heavy atom. The third-order valence-electron chi connectivity index (χ3n) is 6.61. The lowest BCUT2D eigenvalue weighted by Crippen LogP contribution is -2.40. The summed E-state index contributed by atoms with van der Waals surface area (Å²) in [4.78, 5) is 20.4. The van der Waals surface area contributed by atoms with Crippen LogP contribution >= 0.6 is 0 Å². The molecule has 0 bridgehead atoms. The molecule has 0 atom stereocenters. The van der Waals surface area contributed by atoms with Crippen molar-refractivity contribution >= 4 is 11.5 Å². The number of nitrogens with zero attached hydrogens (tertiary/aromatic N) is 5. The Bertz CT molecular complexity index is 768. The lowest BCUT2D eigenvalue weighted by molar-refractivity contribution is 0.308. The van der Waals surface area contributed by atoms with E-state index in [-0.39, 0.29) is 5.66 Å². The van der Waals surface area contributed by atoms with E-state index in [0.717, 1.165) is 55.7 Å². The highest BCUT2D eigenvalue weighted by Gasteiger charge is 2.35. The molecule has 26 heavy (non-hydrogen) atoms. The Balaban J connectivity index is 1.60. The number of hydrogen-bond donors (Lipinski definition) is 0. The second kappa shape index (κ2) is 6.82. The van der Waals surface area contributed by atoms with Crippen molar-refractivity contribution in [2.45, 2.75) is 76.3 Å². The Hall–Kier alpha value is -1.65. The van der Waals surface area contributed by atoms with Crippen LogP contribution in [0.1, 0.15) is 70.6 Å². The standard InChI is InChI=1S/C21H31N5/c1-4-10-21(11-5-1)23-19-17(25-12-6-2-7-13-25)16-18(22-20(19)24-21)26-14-8-3-9-15-26/h16H,1-15H2. The van der Waals surface area contributed by atoms with Crippen molar-refractivity contribution in [2.24, 2.45) is 9.98 Å². The van der Waals surface area contributed by atoms with Crippen molar-refractivity contribution in [2.75, 3.05) is 36.0 Å². The Morgan fingerprint density at radius 1 is 0.692 bits per heavy atom. The Labute approximate surface area is 156 Å². The molecular formula is C21H31N5. The molecule has 1 aromatic rings. The summed E-state index contributed by atoms with van der Waals surface area (Å²) in [6.45, 7) is 4.57. The fraction of sp³-hybridized carbons (Fsp3) is 0.762. The molecule has 1 spiro atoms. The van der Waals surface area contributed by atoms with Gasteiger partial charge in [-0.25, -0.2) is 15.0 Å². The molecule has 4 aliphatic rings. The van der Waals surface area contributed by atoms with Crippen LogP contribution in [0.25, 0.3) is 0 Å². The molecule has 0 N–H and O–H groups in total. The quantitative estimate of drug-likeness (QED) is 0.821. The molecule has 3 aliphatic heterocycles. The summed E-state index contributed by atoms with van der Waals surface area (Å²) >= 11 is 0. The summed E-state index contributed by atoms with van der Waals surface area (Å²) in [6, 6.07) is 2.33. The maximum Gasteiger partial charge on any atom is 0.179 e. The van der Waals surface area contributed by atoms with Crippen LogP contribution in [0.2, 0.25) is 0 Å². The van der Waals surface area contributed by atoms with Gasteiger partial charge in [0.15, 0.2) is 11.2 Å². The van der Waals surface area contributed by atoms with Crippen LogP contribution in [0.4, 0.5) is 11.5 Å². The van der Waals surface area contributed by atoms with Gasteiger partial charge in [-0.1, -0.05) is 6.42 Å². The predicted octanol–water partition coefficient (Wildman–Crippen LogP) is 2.98. The van der Waals surface area contributed by atoms with E-state index in [1.807, 2.05) is 0 Å². The Kier molecular flexibility index (Phi) is 4.33. The molecule has 2 saturated heterocycles. The first-order chi connectivity index (χ1) is 12.8. The van der Waals surface area contributed by atoms with Crippen LogP contribution in [0, 0.1) is 0 Å². The van der Waals surface area contributed by atoms with Gasteiger partial charge in [0.05, 0.1) is 5.69 Å². The van der Waals surface area contributed by atoms with Crippen molar-refractivity contribution < 1.29 is 0 Å². The van der Waals surface area contributed by atoms with Crippen LogP contribution in [0.15, 0.2) is 16.1 Å². The normalized spacial score (nSPS) is 24.9. The lowest BCUT2D eigenvalue weighted by Gasteiger charge is -2.31. The van der Waals surface area contributed by atoms with Gasteiger partial charge in [0, 0.05) is 32.2 Å². The maximum atomic E-state index is 5.21. The number of hydrogen-bond acceptors (Lipinski definition) is 5. The summed E-state index contributed by atoms with van der Waals surface area (Å²) in [5, 5.41) is 1.09. The van der Waals surface area contributed by atoms with Gasteiger partial charge in [-0.15, -0.1) is 0 Å². The van der Waals surface area contributed by atoms with Gasteiger partial charge in [-0.05, 0) is 64.2 Å². The molecule has 1 aliphatic carbocycles. The molecule has 5 rings (SSSR count). The Morgan fingerprint density at radius 2 is 1.31 bits per heavy atom. The van der Waals surface area contributed by atoms with E-state index in [9.17, 15) is 0 Å². The molecule has 0 amide bonds. The zero-order chi connectivity index (χ0) is 17.4. The molecule has 1 aromatic heterocycles. The number of rotatable bonds is 2. The summed E-state index contributed by atoms with van der Waals surface area (Å²) in [5.41, 5.74) is 2.04. The van der Waals surface area contributed by atoms with Gasteiger partial charge < -0.3 is 9.80 Å². The molecule has 140 valence electrons. The van der Waals surface area contributed by atoms with Crippen LogP contribution in [-0.4, -0.2) is 36.8 Å². The summed E-state index contributed by atoms with van der Waals surface area (Å²) in [7, 11) is 0. The summed E-state index contributed by atoms with van der Waals surface area (Å²) in [6.07, 6.45) is 13.9. The predicted molar refractivity (Wildman–Crippen MR) is 104 cm³/mol. The monoisotopic (exact) mass is 353 g/mol. The maximum absolute atomic E-state index is 5.21. The van der Waals surface area contributed by atoms with E-state index in [0.29, 0.717) is 0 Å². The van der Waals surface area contributed by atoms with Crippen LogP contribution in [-0.2, 0) is 0 Å². The van der Waals surface area contributed by atoms with Crippen LogP contribution in [0.5, 0.6) is 0 Å². The number of anilines is 2. The molecule has 0 aromatic carbocycles. The van der Waals surface area contributed by atoms with Crippen molar-refractivity contribution in [3.63, 3.8) is 0 Å². The fourth-order valence-corrected chi connectivity index (χ4v) is 5.12. The van der Waals surface area contributed by atoms with E-state index in [1.165, 1.54) is 63.5 Å². The summed E-state index contributed by atoms with van der Waals surface area (Å²) < 4.78 is 0. The molecule has 0 unspecified atom stereocenters. The largest absolute Gasteiger partial charge is 0.370 e. The molecule has 0 radical (unpaired) electrons. The zero-order valence-corrected chi connectivity index (χ0v) is 15.9. The second-order valence-corrected chi connectivity index (χ2v) is 8.53. The van der Waals surface area contributed by atoms with Gasteiger partial charge in [0.1, 0.15) is 11.2 Å². The van der Waals surface area contributed by atoms with Gasteiger partial charge in [-0.2, -0.15) is 0 Å². The van der Waals surface area contributed by atoms with Crippen LogP contribution < -0.4 is 20.6 Å². The smallest absolute Gasteiger partial charge is 0.179 e. The van der Waals surface area contributed by atoms with Crippen molar-refractivity contribution in [3.8, 4) is 0 Å². The van der Waals surface area contributed by atoms with E-state index < -0.39 is 0 Å². The van der Waals surface area contributed by atoms with E-state index in [2.05, 4.69) is 15.9 Å². The highest BCUT2D eigenvalue weighted by molar-refractivity contribution is 5.55. The highest BCUT2D eigenvalue weighted by Crippen LogP contribution is 2.34. The van der Waals surface area contributed by atoms with Gasteiger partial charge >= 0.3 is 0 Å². The number of pyridine rings is 1.